The Labute approximate surface area is 419 Å². The lowest BCUT2D eigenvalue weighted by Gasteiger charge is -2.68. The number of hydrogen-bond acceptors (Lipinski definition) is 14. The molecule has 0 aromatic heterocycles. The standard InChI is InChI=1S/C53H85NO14Si2/c1-17-69(18-2,19-3)67-38-29-39-52(31-62-39,65-34(10)55)43-45(64-46(58)35-26-24-23-25-27-35)53(61)30-37(33(9)40(50(53,14)15)41(56)44(57)51(38,43)16)63-47(59)42(68-70(20-4,21-5)22-6)36(28-32(7)8)54-48(60)66-49(11,12)13/h23-27,32,36-39,41-43,45,56,61H,17-22,28-31H2,1-16H3,(H,54,60)/t36-,37-,38?,39+,41+,42?,43-,45-,51+,52-,53+/m0/s1. The van der Waals surface area contributed by atoms with Crippen molar-refractivity contribution in [3.63, 3.8) is 0 Å². The van der Waals surface area contributed by atoms with Crippen LogP contribution in [-0.4, -0.2) is 123 Å². The molecular weight excluding hydrogens is 931 g/mol. The number of benzene rings is 1. The summed E-state index contributed by atoms with van der Waals surface area (Å²) < 4.78 is 45.9. The molecule has 15 nitrogen and oxygen atoms in total. The zero-order valence-electron chi connectivity index (χ0n) is 44.9. The first-order chi connectivity index (χ1) is 32.5. The molecule has 2 saturated carbocycles. The van der Waals surface area contributed by atoms with E-state index >= 15 is 9.59 Å². The molecule has 11 atom stereocenters. The number of ketones is 1. The lowest BCUT2D eigenvalue weighted by Crippen LogP contribution is -2.82. The molecule has 1 heterocycles. The Balaban J connectivity index is 1.79. The third kappa shape index (κ3) is 10.6. The summed E-state index contributed by atoms with van der Waals surface area (Å²) in [5, 5.41) is 30.0. The van der Waals surface area contributed by atoms with Crippen LogP contribution in [-0.2, 0) is 46.9 Å². The number of fused-ring (bicyclic) bond motifs is 5. The van der Waals surface area contributed by atoms with Gasteiger partial charge in [0.05, 0.1) is 35.6 Å². The van der Waals surface area contributed by atoms with Crippen molar-refractivity contribution in [1.82, 2.24) is 5.32 Å². The molecule has 3 aliphatic carbocycles. The molecule has 17 heteroatoms. The third-order valence-electron chi connectivity index (χ3n) is 16.8. The smallest absolute Gasteiger partial charge is 0.407 e. The van der Waals surface area contributed by atoms with Crippen molar-refractivity contribution < 1.29 is 66.7 Å². The van der Waals surface area contributed by atoms with Crippen LogP contribution in [0, 0.1) is 22.7 Å². The highest BCUT2D eigenvalue weighted by atomic mass is 28.4. The van der Waals surface area contributed by atoms with Gasteiger partial charge in [0.1, 0.15) is 35.6 Å². The second kappa shape index (κ2) is 21.6. The van der Waals surface area contributed by atoms with Crippen molar-refractivity contribution in [2.75, 3.05) is 6.61 Å². The highest BCUT2D eigenvalue weighted by Gasteiger charge is 2.78. The van der Waals surface area contributed by atoms with E-state index in [2.05, 4.69) is 26.1 Å². The topological polar surface area (TPSA) is 202 Å². The predicted octanol–water partition coefficient (Wildman–Crippen LogP) is 8.99. The molecule has 1 amide bonds. The van der Waals surface area contributed by atoms with Gasteiger partial charge in [-0.1, -0.05) is 87.4 Å². The lowest BCUT2D eigenvalue weighted by atomic mass is 9.44. The number of carbonyl (C=O) groups excluding carboxylic acids is 5. The zero-order valence-corrected chi connectivity index (χ0v) is 46.9. The molecule has 0 spiro atoms. The first kappa shape index (κ1) is 57.4. The molecule has 1 aromatic rings. The first-order valence-corrected chi connectivity index (χ1v) is 30.9. The SMILES string of the molecule is CC[Si](CC)(CC)OC(C(=O)O[C@H]1C[C@@]2(O)[C@@H](OC(=O)c3ccccc3)[C@@H]3[C@]4(OC(C)=O)CO[C@@H]4CC(O[Si](CC)(CC)CC)[C@@]3(C)C(=O)[C@H](O)C(=C1C)C2(C)C)[C@H](CC(C)C)NC(=O)OC(C)(C)C. The van der Waals surface area contributed by atoms with Gasteiger partial charge < -0.3 is 48.1 Å². The Kier molecular flexibility index (Phi) is 17.7. The number of aliphatic hydroxyl groups excluding tert-OH is 1. The summed E-state index contributed by atoms with van der Waals surface area (Å²) in [5.74, 6) is -4.37. The van der Waals surface area contributed by atoms with E-state index in [1.807, 2.05) is 34.6 Å². The van der Waals surface area contributed by atoms with Crippen molar-refractivity contribution in [2.24, 2.45) is 22.7 Å². The van der Waals surface area contributed by atoms with Gasteiger partial charge in [-0.05, 0) is 107 Å². The van der Waals surface area contributed by atoms with Crippen LogP contribution >= 0.6 is 0 Å². The molecule has 4 aliphatic rings. The summed E-state index contributed by atoms with van der Waals surface area (Å²) in [5.41, 5.74) is -7.48. The van der Waals surface area contributed by atoms with E-state index in [0.717, 1.165) is 18.1 Å². The Bertz CT molecular complexity index is 2080. The number of nitrogens with one attached hydrogen (secondary N) is 1. The molecule has 2 bridgehead atoms. The van der Waals surface area contributed by atoms with Crippen LogP contribution < -0.4 is 5.32 Å². The summed E-state index contributed by atoms with van der Waals surface area (Å²) in [6, 6.07) is 11.6. The molecule has 70 heavy (non-hydrogen) atoms. The van der Waals surface area contributed by atoms with E-state index in [9.17, 15) is 24.6 Å². The zero-order chi connectivity index (χ0) is 52.6. The number of hydrogen-bond donors (Lipinski definition) is 3. The van der Waals surface area contributed by atoms with Crippen molar-refractivity contribution in [2.45, 2.75) is 226 Å². The Morgan fingerprint density at radius 1 is 0.900 bits per heavy atom. The van der Waals surface area contributed by atoms with Gasteiger partial charge in [-0.3, -0.25) is 9.59 Å². The van der Waals surface area contributed by atoms with Gasteiger partial charge in [-0.25, -0.2) is 14.4 Å². The van der Waals surface area contributed by atoms with Gasteiger partial charge in [0, 0.05) is 25.2 Å². The molecule has 5 rings (SSSR count). The Hall–Kier alpha value is -3.46. The van der Waals surface area contributed by atoms with E-state index in [1.165, 1.54) is 6.92 Å². The molecular formula is C53H85NO14Si2. The van der Waals surface area contributed by atoms with Crippen LogP contribution in [0.15, 0.2) is 41.5 Å². The number of Topliss-reactive ketones (excluding diaryl/α,β-unsaturated/α-hetero) is 1. The monoisotopic (exact) mass is 1020 g/mol. The molecule has 2 unspecified atom stereocenters. The maximum Gasteiger partial charge on any atom is 0.407 e. The van der Waals surface area contributed by atoms with E-state index in [0.29, 0.717) is 30.1 Å². The summed E-state index contributed by atoms with van der Waals surface area (Å²) in [6.07, 6.45) is -8.66. The largest absolute Gasteiger partial charge is 0.456 e. The quantitative estimate of drug-likeness (QED) is 0.0513. The molecule has 3 fully saturated rings. The molecule has 1 aromatic carbocycles. The minimum atomic E-state index is -2.64. The van der Waals surface area contributed by atoms with Gasteiger partial charge >= 0.3 is 24.0 Å². The van der Waals surface area contributed by atoms with E-state index in [-0.39, 0.29) is 36.5 Å². The summed E-state index contributed by atoms with van der Waals surface area (Å²) in [6.45, 7) is 29.2. The average molecular weight is 1020 g/mol. The highest BCUT2D eigenvalue weighted by Crippen LogP contribution is 2.65. The number of alkyl carbamates (subject to hydrolysis) is 1. The van der Waals surface area contributed by atoms with Gasteiger partial charge in [0.15, 0.2) is 34.1 Å². The highest BCUT2D eigenvalue weighted by molar-refractivity contribution is 6.74. The van der Waals surface area contributed by atoms with Crippen molar-refractivity contribution >= 4 is 46.4 Å². The average Bonchev–Trinajstić information content (AvgIpc) is 3.28. The second-order valence-electron chi connectivity index (χ2n) is 22.6. The van der Waals surface area contributed by atoms with Crippen LogP contribution in [0.5, 0.6) is 0 Å². The second-order valence-corrected chi connectivity index (χ2v) is 32.0. The van der Waals surface area contributed by atoms with Crippen LogP contribution in [0.4, 0.5) is 4.79 Å². The van der Waals surface area contributed by atoms with Crippen molar-refractivity contribution in [3.05, 3.63) is 47.0 Å². The van der Waals surface area contributed by atoms with Crippen LogP contribution in [0.2, 0.25) is 36.3 Å². The van der Waals surface area contributed by atoms with E-state index < -0.39 is 123 Å². The number of ether oxygens (including phenoxy) is 5. The molecule has 394 valence electrons. The Morgan fingerprint density at radius 2 is 1.47 bits per heavy atom. The first-order valence-electron chi connectivity index (χ1n) is 25.8. The van der Waals surface area contributed by atoms with Gasteiger partial charge in [-0.15, -0.1) is 0 Å². The van der Waals surface area contributed by atoms with E-state index in [1.54, 1.807) is 78.8 Å². The van der Waals surface area contributed by atoms with Gasteiger partial charge in [0.25, 0.3) is 0 Å². The predicted molar refractivity (Wildman–Crippen MR) is 270 cm³/mol. The molecule has 1 saturated heterocycles. The van der Waals surface area contributed by atoms with Gasteiger partial charge in [0.2, 0.25) is 0 Å². The maximum atomic E-state index is 16.0. The number of amides is 1. The number of esters is 3. The molecule has 1 aliphatic heterocycles. The van der Waals surface area contributed by atoms with Gasteiger partial charge in [-0.2, -0.15) is 0 Å². The fraction of sp³-hybridized carbons (Fsp3) is 0.755. The minimum Gasteiger partial charge on any atom is -0.456 e. The Morgan fingerprint density at radius 3 is 1.96 bits per heavy atom. The van der Waals surface area contributed by atoms with Crippen LogP contribution in [0.1, 0.15) is 140 Å². The summed E-state index contributed by atoms with van der Waals surface area (Å²) >= 11 is 0. The van der Waals surface area contributed by atoms with Crippen LogP contribution in [0.25, 0.3) is 0 Å². The lowest BCUT2D eigenvalue weighted by molar-refractivity contribution is -0.344. The third-order valence-corrected chi connectivity index (χ3v) is 26.1. The number of rotatable bonds is 19. The number of aliphatic hydroxyl groups is 2. The van der Waals surface area contributed by atoms with E-state index in [4.69, 9.17) is 32.5 Å². The minimum absolute atomic E-state index is 0.0195. The molecule has 3 N–H and O–H groups in total. The van der Waals surface area contributed by atoms with Crippen molar-refractivity contribution in [1.29, 1.82) is 0 Å². The summed E-state index contributed by atoms with van der Waals surface area (Å²) in [7, 11) is -5.22. The maximum absolute atomic E-state index is 16.0. The van der Waals surface area contributed by atoms with Crippen LogP contribution in [0.3, 0.4) is 0 Å². The normalized spacial score (nSPS) is 30.6. The van der Waals surface area contributed by atoms with Crippen molar-refractivity contribution in [3.8, 4) is 0 Å². The summed E-state index contributed by atoms with van der Waals surface area (Å²) in [4.78, 5) is 72.9. The fourth-order valence-corrected chi connectivity index (χ4v) is 18.0. The fourth-order valence-electron chi connectivity index (χ4n) is 12.2. The number of carbonyl (C=O) groups is 5. The molecule has 0 radical (unpaired) electrons.